The summed E-state index contributed by atoms with van der Waals surface area (Å²) in [5.41, 5.74) is 3.23. The molecular weight excluding hydrogens is 312 g/mol. The largest absolute Gasteiger partial charge is 0.497 e. The van der Waals surface area contributed by atoms with Crippen molar-refractivity contribution in [3.05, 3.63) is 54.1 Å². The maximum absolute atomic E-state index is 5.29. The molecule has 1 N–H and O–H groups in total. The van der Waals surface area contributed by atoms with E-state index in [9.17, 15) is 0 Å². The van der Waals surface area contributed by atoms with Crippen molar-refractivity contribution in [2.75, 3.05) is 13.7 Å². The molecular formula is C20H24N4O. The van der Waals surface area contributed by atoms with E-state index in [-0.39, 0.29) is 0 Å². The van der Waals surface area contributed by atoms with Crippen molar-refractivity contribution in [3.63, 3.8) is 0 Å². The zero-order chi connectivity index (χ0) is 17.1. The zero-order valence-corrected chi connectivity index (χ0v) is 14.6. The van der Waals surface area contributed by atoms with Gasteiger partial charge in [0.2, 0.25) is 0 Å². The van der Waals surface area contributed by atoms with Gasteiger partial charge in [-0.15, -0.1) is 0 Å². The van der Waals surface area contributed by atoms with Gasteiger partial charge in [-0.1, -0.05) is 6.07 Å². The minimum Gasteiger partial charge on any atom is -0.497 e. The van der Waals surface area contributed by atoms with Gasteiger partial charge in [0.05, 0.1) is 24.7 Å². The number of hydrogen-bond acceptors (Lipinski definition) is 4. The highest BCUT2D eigenvalue weighted by atomic mass is 16.5. The molecule has 1 aromatic carbocycles. The standard InChI is InChI=1S/C20H24N4O/c1-25-17-9-10-18-19(13-17)23-20(22-18)14-24-12-4-6-16(24)8-7-15-5-2-3-11-21-15/h2-3,5,9-11,13,16H,4,6-8,12,14H2,1H3,(H,22,23)/t16-/m0/s1. The lowest BCUT2D eigenvalue weighted by molar-refractivity contribution is 0.229. The van der Waals surface area contributed by atoms with Crippen molar-refractivity contribution in [3.8, 4) is 5.75 Å². The first-order valence-corrected chi connectivity index (χ1v) is 8.98. The van der Waals surface area contributed by atoms with Crippen LogP contribution in [0, 0.1) is 0 Å². The number of ether oxygens (including phenoxy) is 1. The van der Waals surface area contributed by atoms with Gasteiger partial charge < -0.3 is 9.72 Å². The first kappa shape index (κ1) is 16.1. The van der Waals surface area contributed by atoms with E-state index >= 15 is 0 Å². The van der Waals surface area contributed by atoms with Gasteiger partial charge in [0.25, 0.3) is 0 Å². The van der Waals surface area contributed by atoms with Gasteiger partial charge in [0.1, 0.15) is 11.6 Å². The number of aromatic amines is 1. The molecule has 1 aliphatic rings. The van der Waals surface area contributed by atoms with Crippen LogP contribution in [0.4, 0.5) is 0 Å². The van der Waals surface area contributed by atoms with Gasteiger partial charge in [0, 0.05) is 24.0 Å². The number of benzene rings is 1. The number of likely N-dealkylation sites (tertiary alicyclic amines) is 1. The number of rotatable bonds is 6. The van der Waals surface area contributed by atoms with E-state index in [1.54, 1.807) is 7.11 Å². The number of H-pyrrole nitrogens is 1. The predicted octanol–water partition coefficient (Wildman–Crippen LogP) is 3.56. The predicted molar refractivity (Wildman–Crippen MR) is 98.6 cm³/mol. The molecule has 0 unspecified atom stereocenters. The fourth-order valence-corrected chi connectivity index (χ4v) is 3.73. The molecule has 130 valence electrons. The number of aromatic nitrogens is 3. The first-order chi connectivity index (χ1) is 12.3. The van der Waals surface area contributed by atoms with Crippen LogP contribution in [-0.4, -0.2) is 39.5 Å². The number of hydrogen-bond donors (Lipinski definition) is 1. The zero-order valence-electron chi connectivity index (χ0n) is 14.6. The third-order valence-electron chi connectivity index (χ3n) is 5.05. The first-order valence-electron chi connectivity index (χ1n) is 8.98. The molecule has 3 heterocycles. The van der Waals surface area contributed by atoms with Gasteiger partial charge in [-0.3, -0.25) is 9.88 Å². The topological polar surface area (TPSA) is 54.0 Å². The Morgan fingerprint density at radius 2 is 2.24 bits per heavy atom. The second kappa shape index (κ2) is 7.23. The van der Waals surface area contributed by atoms with Crippen molar-refractivity contribution >= 4 is 11.0 Å². The summed E-state index contributed by atoms with van der Waals surface area (Å²) in [6.45, 7) is 2.02. The maximum Gasteiger partial charge on any atom is 0.121 e. The van der Waals surface area contributed by atoms with Gasteiger partial charge >= 0.3 is 0 Å². The average Bonchev–Trinajstić information content (AvgIpc) is 3.26. The summed E-state index contributed by atoms with van der Waals surface area (Å²) in [4.78, 5) is 15.2. The van der Waals surface area contributed by atoms with Crippen molar-refractivity contribution in [1.82, 2.24) is 19.9 Å². The van der Waals surface area contributed by atoms with E-state index in [1.165, 1.54) is 18.5 Å². The lowest BCUT2D eigenvalue weighted by Gasteiger charge is -2.23. The van der Waals surface area contributed by atoms with E-state index < -0.39 is 0 Å². The van der Waals surface area contributed by atoms with E-state index in [2.05, 4.69) is 27.0 Å². The molecule has 0 saturated carbocycles. The second-order valence-corrected chi connectivity index (χ2v) is 6.69. The summed E-state index contributed by atoms with van der Waals surface area (Å²) in [5.74, 6) is 1.89. The Bertz CT molecular complexity index is 830. The lowest BCUT2D eigenvalue weighted by Crippen LogP contribution is -2.29. The third kappa shape index (κ3) is 3.66. The minimum absolute atomic E-state index is 0.616. The molecule has 4 rings (SSSR count). The van der Waals surface area contributed by atoms with Crippen molar-refractivity contribution in [2.24, 2.45) is 0 Å². The molecule has 1 atom stereocenters. The average molecular weight is 336 g/mol. The highest BCUT2D eigenvalue weighted by molar-refractivity contribution is 5.76. The fraction of sp³-hybridized carbons (Fsp3) is 0.400. The van der Waals surface area contributed by atoms with Gasteiger partial charge in [-0.25, -0.2) is 4.98 Å². The van der Waals surface area contributed by atoms with Crippen LogP contribution in [-0.2, 0) is 13.0 Å². The molecule has 5 heteroatoms. The molecule has 0 radical (unpaired) electrons. The molecule has 0 bridgehead atoms. The van der Waals surface area contributed by atoms with Gasteiger partial charge in [-0.2, -0.15) is 0 Å². The summed E-state index contributed by atoms with van der Waals surface area (Å²) in [5, 5.41) is 0. The summed E-state index contributed by atoms with van der Waals surface area (Å²) < 4.78 is 5.29. The Hall–Kier alpha value is -2.40. The molecule has 25 heavy (non-hydrogen) atoms. The SMILES string of the molecule is COc1ccc2nc(CN3CCC[C@H]3CCc3ccccn3)[nH]c2c1. The Balaban J connectivity index is 1.42. The molecule has 1 aliphatic heterocycles. The number of fused-ring (bicyclic) bond motifs is 1. The van der Waals surface area contributed by atoms with Crippen LogP contribution >= 0.6 is 0 Å². The van der Waals surface area contributed by atoms with E-state index in [1.807, 2.05) is 30.5 Å². The summed E-state index contributed by atoms with van der Waals surface area (Å²) >= 11 is 0. The number of nitrogens with one attached hydrogen (secondary N) is 1. The Morgan fingerprint density at radius 1 is 1.28 bits per heavy atom. The number of imidazole rings is 1. The van der Waals surface area contributed by atoms with Crippen LogP contribution in [0.2, 0.25) is 0 Å². The molecule has 1 saturated heterocycles. The van der Waals surface area contributed by atoms with Gasteiger partial charge in [0.15, 0.2) is 0 Å². The van der Waals surface area contributed by atoms with Crippen LogP contribution < -0.4 is 4.74 Å². The van der Waals surface area contributed by atoms with Crippen molar-refractivity contribution in [1.29, 1.82) is 0 Å². The smallest absolute Gasteiger partial charge is 0.121 e. The van der Waals surface area contributed by atoms with Crippen LogP contribution in [0.5, 0.6) is 5.75 Å². The van der Waals surface area contributed by atoms with Crippen LogP contribution in [0.3, 0.4) is 0 Å². The number of aryl methyl sites for hydroxylation is 1. The van der Waals surface area contributed by atoms with E-state index in [0.29, 0.717) is 6.04 Å². The molecule has 0 aliphatic carbocycles. The van der Waals surface area contributed by atoms with E-state index in [4.69, 9.17) is 9.72 Å². The van der Waals surface area contributed by atoms with Crippen LogP contribution in [0.25, 0.3) is 11.0 Å². The highest BCUT2D eigenvalue weighted by Crippen LogP contribution is 2.24. The highest BCUT2D eigenvalue weighted by Gasteiger charge is 2.25. The summed E-state index contributed by atoms with van der Waals surface area (Å²) in [6, 6.07) is 12.7. The molecule has 3 aromatic rings. The third-order valence-corrected chi connectivity index (χ3v) is 5.05. The normalized spacial score (nSPS) is 18.0. The van der Waals surface area contributed by atoms with Gasteiger partial charge in [-0.05, 0) is 56.5 Å². The molecule has 0 amide bonds. The van der Waals surface area contributed by atoms with Crippen LogP contribution in [0.1, 0.15) is 30.8 Å². The lowest BCUT2D eigenvalue weighted by atomic mass is 10.1. The monoisotopic (exact) mass is 336 g/mol. The Morgan fingerprint density at radius 3 is 3.08 bits per heavy atom. The Labute approximate surface area is 148 Å². The number of methoxy groups -OCH3 is 1. The van der Waals surface area contributed by atoms with Crippen LogP contribution in [0.15, 0.2) is 42.6 Å². The minimum atomic E-state index is 0.616. The number of nitrogens with zero attached hydrogens (tertiary/aromatic N) is 3. The second-order valence-electron chi connectivity index (χ2n) is 6.69. The fourth-order valence-electron chi connectivity index (χ4n) is 3.73. The quantitative estimate of drug-likeness (QED) is 0.748. The van der Waals surface area contributed by atoms with Crippen molar-refractivity contribution < 1.29 is 4.74 Å². The molecule has 2 aromatic heterocycles. The van der Waals surface area contributed by atoms with Crippen molar-refractivity contribution in [2.45, 2.75) is 38.3 Å². The van der Waals surface area contributed by atoms with E-state index in [0.717, 1.165) is 48.5 Å². The molecule has 5 nitrogen and oxygen atoms in total. The molecule has 1 fully saturated rings. The summed E-state index contributed by atoms with van der Waals surface area (Å²) in [7, 11) is 1.69. The molecule has 0 spiro atoms. The summed E-state index contributed by atoms with van der Waals surface area (Å²) in [6.07, 6.45) is 6.61. The number of pyridine rings is 1. The maximum atomic E-state index is 5.29. The Kier molecular flexibility index (Phi) is 4.65.